The van der Waals surface area contributed by atoms with E-state index >= 15 is 0 Å². The smallest absolute Gasteiger partial charge is 0.228 e. The van der Waals surface area contributed by atoms with Crippen LogP contribution in [0.2, 0.25) is 0 Å². The van der Waals surface area contributed by atoms with Gasteiger partial charge in [-0.2, -0.15) is 0 Å². The lowest BCUT2D eigenvalue weighted by Gasteiger charge is -2.31. The number of hydrogen-bond acceptors (Lipinski definition) is 4. The molecule has 2 N–H and O–H groups in total. The minimum absolute atomic E-state index is 0.208. The zero-order chi connectivity index (χ0) is 17.6. The van der Waals surface area contributed by atoms with E-state index in [1.807, 2.05) is 24.3 Å². The fourth-order valence-electron chi connectivity index (χ4n) is 3.79. The third-order valence-electron chi connectivity index (χ3n) is 5.28. The number of ether oxygens (including phenoxy) is 1. The molecular formula is C19H26N2O4. The molecule has 1 saturated heterocycles. The summed E-state index contributed by atoms with van der Waals surface area (Å²) in [6, 6.07) is 7.83. The number of carboxylic acids is 1. The third kappa shape index (κ3) is 4.80. The lowest BCUT2D eigenvalue weighted by Crippen LogP contribution is -3.12. The molecule has 1 aromatic carbocycles. The van der Waals surface area contributed by atoms with Crippen LogP contribution in [0, 0.1) is 11.8 Å². The number of carbonyl (C=O) groups excluding carboxylic acids is 2. The lowest BCUT2D eigenvalue weighted by atomic mass is 9.78. The molecule has 25 heavy (non-hydrogen) atoms. The second-order valence-corrected chi connectivity index (χ2v) is 7.04. The number of benzene rings is 1. The third-order valence-corrected chi connectivity index (χ3v) is 5.28. The van der Waals surface area contributed by atoms with Crippen molar-refractivity contribution in [3.63, 3.8) is 0 Å². The molecule has 0 aromatic heterocycles. The highest BCUT2D eigenvalue weighted by Crippen LogP contribution is 2.30. The van der Waals surface area contributed by atoms with E-state index in [4.69, 9.17) is 4.74 Å². The van der Waals surface area contributed by atoms with Gasteiger partial charge in [0.25, 0.3) is 0 Å². The fourth-order valence-corrected chi connectivity index (χ4v) is 3.79. The Kier molecular flexibility index (Phi) is 6.04. The summed E-state index contributed by atoms with van der Waals surface area (Å²) in [4.78, 5) is 25.2. The summed E-state index contributed by atoms with van der Waals surface area (Å²) < 4.78 is 5.37. The Morgan fingerprint density at radius 2 is 1.72 bits per heavy atom. The Bertz CT molecular complexity index is 596. The number of anilines is 1. The van der Waals surface area contributed by atoms with E-state index in [1.54, 1.807) is 0 Å². The number of quaternary nitrogens is 1. The van der Waals surface area contributed by atoms with Crippen LogP contribution in [-0.4, -0.2) is 38.2 Å². The van der Waals surface area contributed by atoms with E-state index in [9.17, 15) is 14.7 Å². The average molecular weight is 346 g/mol. The van der Waals surface area contributed by atoms with Gasteiger partial charge in [-0.3, -0.25) is 4.79 Å². The molecule has 0 radical (unpaired) electrons. The number of carbonyl (C=O) groups is 2. The second-order valence-electron chi connectivity index (χ2n) is 7.04. The Morgan fingerprint density at radius 3 is 2.36 bits per heavy atom. The van der Waals surface area contributed by atoms with Gasteiger partial charge in [-0.15, -0.1) is 0 Å². The Morgan fingerprint density at radius 1 is 1.08 bits per heavy atom. The van der Waals surface area contributed by atoms with Gasteiger partial charge < -0.3 is 24.9 Å². The molecule has 6 nitrogen and oxygen atoms in total. The Labute approximate surface area is 148 Å². The van der Waals surface area contributed by atoms with Gasteiger partial charge in [0, 0.05) is 29.1 Å². The quantitative estimate of drug-likeness (QED) is 0.760. The number of aliphatic carboxylic acids is 1. The van der Waals surface area contributed by atoms with Crippen molar-refractivity contribution in [1.82, 2.24) is 0 Å². The normalized spacial score (nSPS) is 24.6. The first-order chi connectivity index (χ1) is 12.1. The standard InChI is InChI=1S/C19H26N2O4/c22-18(16-3-1-2-4-17(16)19(23)24)20-15-7-5-14(6-8-15)13-21-9-11-25-12-10-21/h5-8,16-17H,1-4,9-13H2,(H,20,22)(H,23,24)/t16-,17+/m1/s1. The summed E-state index contributed by atoms with van der Waals surface area (Å²) in [6.45, 7) is 4.61. The maximum atomic E-state index is 12.5. The van der Waals surface area contributed by atoms with Gasteiger partial charge in [0.2, 0.25) is 5.91 Å². The fraction of sp³-hybridized carbons (Fsp3) is 0.579. The van der Waals surface area contributed by atoms with E-state index < -0.39 is 17.8 Å². The maximum absolute atomic E-state index is 12.5. The molecule has 3 rings (SSSR count). The van der Waals surface area contributed by atoms with Crippen LogP contribution in [0.15, 0.2) is 24.3 Å². The van der Waals surface area contributed by atoms with E-state index in [1.165, 1.54) is 10.5 Å². The van der Waals surface area contributed by atoms with Crippen molar-refractivity contribution in [1.29, 1.82) is 0 Å². The minimum atomic E-state index is -1.11. The molecular weight excluding hydrogens is 320 g/mol. The summed E-state index contributed by atoms with van der Waals surface area (Å²) >= 11 is 0. The molecule has 0 unspecified atom stereocenters. The number of nitrogens with one attached hydrogen (secondary N) is 2. The van der Waals surface area contributed by atoms with E-state index in [-0.39, 0.29) is 5.91 Å². The number of carboxylic acid groups (broad SMARTS) is 1. The van der Waals surface area contributed by atoms with Crippen LogP contribution in [0.1, 0.15) is 31.2 Å². The van der Waals surface area contributed by atoms with Crippen LogP contribution < -0.4 is 15.3 Å². The van der Waals surface area contributed by atoms with Crippen molar-refractivity contribution in [3.8, 4) is 0 Å². The van der Waals surface area contributed by atoms with Gasteiger partial charge in [0.1, 0.15) is 19.6 Å². The van der Waals surface area contributed by atoms with Crippen molar-refractivity contribution in [2.45, 2.75) is 32.2 Å². The van der Waals surface area contributed by atoms with Gasteiger partial charge in [-0.1, -0.05) is 25.0 Å². The average Bonchev–Trinajstić information content (AvgIpc) is 2.64. The van der Waals surface area contributed by atoms with Crippen LogP contribution in [-0.2, 0) is 20.9 Å². The highest BCUT2D eigenvalue weighted by Gasteiger charge is 2.31. The summed E-state index contributed by atoms with van der Waals surface area (Å²) in [5.41, 5.74) is 1.94. The van der Waals surface area contributed by atoms with Gasteiger partial charge in [-0.25, -0.2) is 0 Å². The SMILES string of the molecule is O=C([O-])[C@H]1CCCC[C@H]1C(=O)Nc1ccc(C[NH+]2CCOCC2)cc1. The van der Waals surface area contributed by atoms with Crippen LogP contribution in [0.5, 0.6) is 0 Å². The van der Waals surface area contributed by atoms with Gasteiger partial charge in [0.15, 0.2) is 0 Å². The molecule has 1 amide bonds. The molecule has 6 heteroatoms. The lowest BCUT2D eigenvalue weighted by molar-refractivity contribution is -0.921. The summed E-state index contributed by atoms with van der Waals surface area (Å²) in [7, 11) is 0. The summed E-state index contributed by atoms with van der Waals surface area (Å²) in [5, 5.41) is 14.1. The monoisotopic (exact) mass is 346 g/mol. The zero-order valence-electron chi connectivity index (χ0n) is 14.5. The predicted molar refractivity (Wildman–Crippen MR) is 90.7 cm³/mol. The van der Waals surface area contributed by atoms with Crippen molar-refractivity contribution in [2.24, 2.45) is 11.8 Å². The molecule has 2 aliphatic rings. The Balaban J connectivity index is 1.56. The first kappa shape index (κ1) is 17.9. The molecule has 1 aliphatic carbocycles. The molecule has 2 fully saturated rings. The molecule has 1 saturated carbocycles. The van der Waals surface area contributed by atoms with Crippen molar-refractivity contribution < 1.29 is 24.3 Å². The van der Waals surface area contributed by atoms with Crippen molar-refractivity contribution >= 4 is 17.6 Å². The zero-order valence-corrected chi connectivity index (χ0v) is 14.5. The van der Waals surface area contributed by atoms with Gasteiger partial charge >= 0.3 is 0 Å². The largest absolute Gasteiger partial charge is 0.550 e. The topological polar surface area (TPSA) is 82.9 Å². The van der Waals surface area contributed by atoms with Crippen LogP contribution in [0.25, 0.3) is 0 Å². The molecule has 1 aliphatic heterocycles. The molecule has 136 valence electrons. The predicted octanol–water partition coefficient (Wildman–Crippen LogP) is -0.403. The van der Waals surface area contributed by atoms with Crippen LogP contribution >= 0.6 is 0 Å². The highest BCUT2D eigenvalue weighted by atomic mass is 16.5. The number of morpholine rings is 1. The maximum Gasteiger partial charge on any atom is 0.228 e. The molecule has 2 atom stereocenters. The second kappa shape index (κ2) is 8.45. The van der Waals surface area contributed by atoms with E-state index in [0.717, 1.165) is 45.7 Å². The van der Waals surface area contributed by atoms with Crippen molar-refractivity contribution in [3.05, 3.63) is 29.8 Å². The first-order valence-electron chi connectivity index (χ1n) is 9.15. The molecule has 1 heterocycles. The van der Waals surface area contributed by atoms with Crippen LogP contribution in [0.4, 0.5) is 5.69 Å². The van der Waals surface area contributed by atoms with Gasteiger partial charge in [0.05, 0.1) is 13.2 Å². The minimum Gasteiger partial charge on any atom is -0.550 e. The van der Waals surface area contributed by atoms with Crippen LogP contribution in [0.3, 0.4) is 0 Å². The van der Waals surface area contributed by atoms with Gasteiger partial charge in [-0.05, 0) is 25.0 Å². The number of hydrogen-bond donors (Lipinski definition) is 2. The first-order valence-corrected chi connectivity index (χ1v) is 9.15. The van der Waals surface area contributed by atoms with E-state index in [2.05, 4.69) is 5.32 Å². The number of amides is 1. The van der Waals surface area contributed by atoms with E-state index in [0.29, 0.717) is 18.5 Å². The molecule has 0 spiro atoms. The van der Waals surface area contributed by atoms with Crippen molar-refractivity contribution in [2.75, 3.05) is 31.6 Å². The molecule has 1 aromatic rings. The molecule has 0 bridgehead atoms. The highest BCUT2D eigenvalue weighted by molar-refractivity contribution is 5.95. The number of rotatable bonds is 5. The summed E-state index contributed by atoms with van der Waals surface area (Å²) in [5.74, 6) is -2.47. The summed E-state index contributed by atoms with van der Waals surface area (Å²) in [6.07, 6.45) is 2.88. The Hall–Kier alpha value is -1.92.